The quantitative estimate of drug-likeness (QED) is 0.874. The van der Waals surface area contributed by atoms with E-state index < -0.39 is 0 Å². The molecule has 0 bridgehead atoms. The molecule has 2 aromatic rings. The van der Waals surface area contributed by atoms with Crippen LogP contribution in [0.5, 0.6) is 0 Å². The van der Waals surface area contributed by atoms with E-state index in [2.05, 4.69) is 0 Å². The van der Waals surface area contributed by atoms with Gasteiger partial charge in [-0.25, -0.2) is 4.39 Å². The Morgan fingerprint density at radius 2 is 1.89 bits per heavy atom. The summed E-state index contributed by atoms with van der Waals surface area (Å²) in [5.41, 5.74) is 9.08. The topological polar surface area (TPSA) is 26.0 Å². The summed E-state index contributed by atoms with van der Waals surface area (Å²) in [4.78, 5) is 0. The van der Waals surface area contributed by atoms with Crippen LogP contribution in [0.4, 0.5) is 4.39 Å². The van der Waals surface area contributed by atoms with Gasteiger partial charge in [-0.2, -0.15) is 0 Å². The predicted molar refractivity (Wildman–Crippen MR) is 78.2 cm³/mol. The van der Waals surface area contributed by atoms with Gasteiger partial charge < -0.3 is 5.73 Å². The molecule has 1 unspecified atom stereocenters. The van der Waals surface area contributed by atoms with Gasteiger partial charge in [0.05, 0.1) is 0 Å². The molecular weight excluding hydrogens is 284 g/mol. The van der Waals surface area contributed by atoms with Crippen molar-refractivity contribution in [1.29, 1.82) is 0 Å². The van der Waals surface area contributed by atoms with E-state index in [0.29, 0.717) is 16.5 Å². The number of hydrogen-bond donors (Lipinski definition) is 1. The number of nitrogens with two attached hydrogens (primary N) is 1. The minimum atomic E-state index is -0.346. The second-order valence-electron chi connectivity index (χ2n) is 4.55. The summed E-state index contributed by atoms with van der Waals surface area (Å²) in [5.74, 6) is -0.346. The van der Waals surface area contributed by atoms with Crippen LogP contribution in [-0.2, 0) is 6.42 Å². The Balaban J connectivity index is 2.25. The Morgan fingerprint density at radius 3 is 2.58 bits per heavy atom. The van der Waals surface area contributed by atoms with Crippen LogP contribution >= 0.6 is 23.2 Å². The molecule has 2 N–H and O–H groups in total. The number of aryl methyl sites for hydroxylation is 1. The van der Waals surface area contributed by atoms with Crippen molar-refractivity contribution in [2.45, 2.75) is 19.4 Å². The fourth-order valence-corrected chi connectivity index (χ4v) is 2.47. The van der Waals surface area contributed by atoms with E-state index in [0.717, 1.165) is 16.7 Å². The molecule has 1 nitrogen and oxygen atoms in total. The summed E-state index contributed by atoms with van der Waals surface area (Å²) in [6.07, 6.45) is 0.542. The summed E-state index contributed by atoms with van der Waals surface area (Å²) < 4.78 is 13.0. The summed E-state index contributed by atoms with van der Waals surface area (Å²) in [6, 6.07) is 9.76. The van der Waals surface area contributed by atoms with Crippen molar-refractivity contribution in [2.24, 2.45) is 5.73 Å². The Bertz CT molecular complexity index is 599. The molecule has 0 saturated heterocycles. The van der Waals surface area contributed by atoms with E-state index in [9.17, 15) is 4.39 Å². The summed E-state index contributed by atoms with van der Waals surface area (Å²) in [5, 5.41) is 1.05. The SMILES string of the molecule is Cc1ccc(Cl)cc1C(N)Cc1ccc(F)cc1Cl. The first-order valence-electron chi connectivity index (χ1n) is 5.93. The van der Waals surface area contributed by atoms with E-state index in [1.807, 2.05) is 25.1 Å². The normalized spacial score (nSPS) is 12.5. The molecule has 0 amide bonds. The van der Waals surface area contributed by atoms with Crippen LogP contribution in [0, 0.1) is 12.7 Å². The highest BCUT2D eigenvalue weighted by Crippen LogP contribution is 2.26. The van der Waals surface area contributed by atoms with Crippen LogP contribution in [0.3, 0.4) is 0 Å². The van der Waals surface area contributed by atoms with Crippen molar-refractivity contribution in [1.82, 2.24) is 0 Å². The summed E-state index contributed by atoms with van der Waals surface area (Å²) in [7, 11) is 0. The predicted octanol–water partition coefficient (Wildman–Crippen LogP) is 4.68. The molecule has 0 saturated carbocycles. The Hall–Kier alpha value is -1.09. The minimum Gasteiger partial charge on any atom is -0.324 e. The molecule has 0 aliphatic rings. The highest BCUT2D eigenvalue weighted by atomic mass is 35.5. The van der Waals surface area contributed by atoms with Crippen LogP contribution in [-0.4, -0.2) is 0 Å². The highest BCUT2D eigenvalue weighted by Gasteiger charge is 2.12. The first kappa shape index (κ1) is 14.3. The van der Waals surface area contributed by atoms with Gasteiger partial charge in [0.2, 0.25) is 0 Å². The fraction of sp³-hybridized carbons (Fsp3) is 0.200. The van der Waals surface area contributed by atoms with Gasteiger partial charge in [-0.1, -0.05) is 35.3 Å². The van der Waals surface area contributed by atoms with E-state index in [4.69, 9.17) is 28.9 Å². The molecule has 2 aromatic carbocycles. The monoisotopic (exact) mass is 297 g/mol. The van der Waals surface area contributed by atoms with Gasteiger partial charge in [-0.05, 0) is 54.3 Å². The molecule has 0 radical (unpaired) electrons. The molecule has 4 heteroatoms. The van der Waals surface area contributed by atoms with Gasteiger partial charge >= 0.3 is 0 Å². The van der Waals surface area contributed by atoms with Crippen LogP contribution in [0.1, 0.15) is 22.7 Å². The lowest BCUT2D eigenvalue weighted by Gasteiger charge is -2.16. The zero-order valence-corrected chi connectivity index (χ0v) is 12.0. The van der Waals surface area contributed by atoms with E-state index in [1.165, 1.54) is 12.1 Å². The number of hydrogen-bond acceptors (Lipinski definition) is 1. The van der Waals surface area contributed by atoms with E-state index >= 15 is 0 Å². The van der Waals surface area contributed by atoms with Gasteiger partial charge in [-0.3, -0.25) is 0 Å². The lowest BCUT2D eigenvalue weighted by atomic mass is 9.96. The molecule has 0 heterocycles. The maximum absolute atomic E-state index is 13.0. The van der Waals surface area contributed by atoms with Gasteiger partial charge in [0.15, 0.2) is 0 Å². The minimum absolute atomic E-state index is 0.221. The van der Waals surface area contributed by atoms with Crippen LogP contribution in [0.25, 0.3) is 0 Å². The third-order valence-electron chi connectivity index (χ3n) is 3.10. The molecule has 0 fully saturated rings. The van der Waals surface area contributed by atoms with Crippen LogP contribution in [0.2, 0.25) is 10.0 Å². The molecule has 0 aliphatic heterocycles. The van der Waals surface area contributed by atoms with Crippen molar-refractivity contribution < 1.29 is 4.39 Å². The van der Waals surface area contributed by atoms with Gasteiger partial charge in [0.1, 0.15) is 5.82 Å². The number of benzene rings is 2. The van der Waals surface area contributed by atoms with Crippen molar-refractivity contribution in [3.8, 4) is 0 Å². The molecule has 19 heavy (non-hydrogen) atoms. The lowest BCUT2D eigenvalue weighted by Crippen LogP contribution is -2.15. The molecule has 2 rings (SSSR count). The van der Waals surface area contributed by atoms with Crippen molar-refractivity contribution in [2.75, 3.05) is 0 Å². The molecular formula is C15H14Cl2FN. The van der Waals surface area contributed by atoms with Gasteiger partial charge in [0.25, 0.3) is 0 Å². The zero-order chi connectivity index (χ0) is 14.0. The second-order valence-corrected chi connectivity index (χ2v) is 5.39. The lowest BCUT2D eigenvalue weighted by molar-refractivity contribution is 0.625. The first-order valence-corrected chi connectivity index (χ1v) is 6.68. The maximum atomic E-state index is 13.0. The standard InChI is InChI=1S/C15H14Cl2FN/c1-9-2-4-11(16)7-13(9)15(19)6-10-3-5-12(18)8-14(10)17/h2-5,7-8,15H,6,19H2,1H3. The third-order valence-corrected chi connectivity index (χ3v) is 3.68. The van der Waals surface area contributed by atoms with Crippen LogP contribution in [0.15, 0.2) is 36.4 Å². The molecule has 0 spiro atoms. The first-order chi connectivity index (χ1) is 8.97. The maximum Gasteiger partial charge on any atom is 0.124 e. The number of rotatable bonds is 3. The van der Waals surface area contributed by atoms with Crippen LogP contribution < -0.4 is 5.73 Å². The molecule has 0 aliphatic carbocycles. The van der Waals surface area contributed by atoms with Gasteiger partial charge in [-0.15, -0.1) is 0 Å². The average molecular weight is 298 g/mol. The fourth-order valence-electron chi connectivity index (χ4n) is 2.04. The largest absolute Gasteiger partial charge is 0.324 e. The third kappa shape index (κ3) is 3.47. The zero-order valence-electron chi connectivity index (χ0n) is 10.5. The number of halogens is 3. The van der Waals surface area contributed by atoms with Crippen molar-refractivity contribution in [3.63, 3.8) is 0 Å². The molecule has 100 valence electrons. The summed E-state index contributed by atoms with van der Waals surface area (Å²) >= 11 is 12.0. The highest BCUT2D eigenvalue weighted by molar-refractivity contribution is 6.31. The smallest absolute Gasteiger partial charge is 0.124 e. The van der Waals surface area contributed by atoms with E-state index in [1.54, 1.807) is 6.07 Å². The van der Waals surface area contributed by atoms with E-state index in [-0.39, 0.29) is 11.9 Å². The molecule has 1 atom stereocenters. The molecule has 0 aromatic heterocycles. The summed E-state index contributed by atoms with van der Waals surface area (Å²) in [6.45, 7) is 1.98. The van der Waals surface area contributed by atoms with Crippen molar-refractivity contribution in [3.05, 3.63) is 69.0 Å². The van der Waals surface area contributed by atoms with Crippen molar-refractivity contribution >= 4 is 23.2 Å². The Labute approximate surface area is 122 Å². The average Bonchev–Trinajstić information content (AvgIpc) is 2.35. The van der Waals surface area contributed by atoms with Gasteiger partial charge in [0, 0.05) is 16.1 Å². The Kier molecular flexibility index (Phi) is 4.46. The second kappa shape index (κ2) is 5.91. The Morgan fingerprint density at radius 1 is 1.16 bits per heavy atom.